The summed E-state index contributed by atoms with van der Waals surface area (Å²) in [6.45, 7) is 5.26. The smallest absolute Gasteiger partial charge is 0.326 e. The Morgan fingerprint density at radius 3 is 2.00 bits per heavy atom. The van der Waals surface area contributed by atoms with E-state index >= 15 is 0 Å². The number of hydrogen-bond donors (Lipinski definition) is 1. The fourth-order valence-corrected chi connectivity index (χ4v) is 1.48. The molecule has 0 bridgehead atoms. The van der Waals surface area contributed by atoms with Crippen LogP contribution in [0.4, 0.5) is 9.57 Å². The zero-order valence-electron chi connectivity index (χ0n) is 9.82. The lowest BCUT2D eigenvalue weighted by atomic mass is 9.95. The fraction of sp³-hybridized carbons (Fsp3) is 0.364. The lowest BCUT2D eigenvalue weighted by molar-refractivity contribution is -0.123. The first kappa shape index (κ1) is 13.6. The standard InChI is InChI=1S/C11H14FNO3S/c1-11(2,3)10(14)13-8-4-6-9(7-5-8)17(12,15)16/h4-7H,1-3H3,(H,13,14). The van der Waals surface area contributed by atoms with Crippen LogP contribution in [0.3, 0.4) is 0 Å². The van der Waals surface area contributed by atoms with Crippen molar-refractivity contribution in [2.75, 3.05) is 5.32 Å². The number of anilines is 1. The Bertz CT molecular complexity index is 515. The molecule has 0 aliphatic heterocycles. The van der Waals surface area contributed by atoms with Gasteiger partial charge in [0, 0.05) is 11.1 Å². The second-order valence-corrected chi connectivity index (χ2v) is 6.01. The van der Waals surface area contributed by atoms with E-state index in [9.17, 15) is 17.1 Å². The average Bonchev–Trinajstić information content (AvgIpc) is 2.15. The molecule has 0 aromatic heterocycles. The van der Waals surface area contributed by atoms with Crippen LogP contribution in [0.25, 0.3) is 0 Å². The van der Waals surface area contributed by atoms with E-state index in [1.807, 2.05) is 0 Å². The van der Waals surface area contributed by atoms with Crippen molar-refractivity contribution in [2.24, 2.45) is 5.41 Å². The molecule has 0 unspecified atom stereocenters. The van der Waals surface area contributed by atoms with E-state index in [2.05, 4.69) is 5.32 Å². The van der Waals surface area contributed by atoms with E-state index in [0.717, 1.165) is 12.1 Å². The first-order chi connectivity index (χ1) is 7.60. The Kier molecular flexibility index (Phi) is 3.56. The Morgan fingerprint density at radius 2 is 1.65 bits per heavy atom. The number of amides is 1. The second-order valence-electron chi connectivity index (χ2n) is 4.67. The number of rotatable bonds is 2. The molecule has 0 fully saturated rings. The van der Waals surface area contributed by atoms with E-state index in [-0.39, 0.29) is 5.91 Å². The van der Waals surface area contributed by atoms with E-state index in [4.69, 9.17) is 0 Å². The van der Waals surface area contributed by atoms with Crippen molar-refractivity contribution in [1.82, 2.24) is 0 Å². The summed E-state index contributed by atoms with van der Waals surface area (Å²) in [5, 5.41) is 2.60. The number of carbonyl (C=O) groups is 1. The molecule has 6 heteroatoms. The van der Waals surface area contributed by atoms with Gasteiger partial charge >= 0.3 is 10.2 Å². The van der Waals surface area contributed by atoms with E-state index in [1.54, 1.807) is 20.8 Å². The van der Waals surface area contributed by atoms with E-state index < -0.39 is 20.5 Å². The minimum Gasteiger partial charge on any atom is -0.326 e. The minimum absolute atomic E-state index is 0.201. The second kappa shape index (κ2) is 4.44. The Morgan fingerprint density at radius 1 is 1.18 bits per heavy atom. The Balaban J connectivity index is 2.87. The third-order valence-corrected chi connectivity index (χ3v) is 2.91. The molecule has 0 radical (unpaired) electrons. The number of carbonyl (C=O) groups excluding carboxylic acids is 1. The third kappa shape index (κ3) is 3.81. The Labute approximate surface area is 100 Å². The van der Waals surface area contributed by atoms with Crippen molar-refractivity contribution in [1.29, 1.82) is 0 Å². The first-order valence-electron chi connectivity index (χ1n) is 4.97. The number of halogens is 1. The molecular formula is C11H14FNO3S. The molecule has 0 aliphatic rings. The van der Waals surface area contributed by atoms with Gasteiger partial charge in [0.05, 0.1) is 4.90 Å². The monoisotopic (exact) mass is 259 g/mol. The first-order valence-corrected chi connectivity index (χ1v) is 6.35. The molecule has 0 saturated carbocycles. The van der Waals surface area contributed by atoms with Crippen molar-refractivity contribution >= 4 is 21.8 Å². The van der Waals surface area contributed by atoms with Gasteiger partial charge in [0.2, 0.25) is 5.91 Å². The molecule has 17 heavy (non-hydrogen) atoms. The van der Waals surface area contributed by atoms with E-state index in [0.29, 0.717) is 5.69 Å². The molecule has 0 heterocycles. The quantitative estimate of drug-likeness (QED) is 0.829. The van der Waals surface area contributed by atoms with Crippen LogP contribution in [0, 0.1) is 5.41 Å². The largest absolute Gasteiger partial charge is 0.332 e. The summed E-state index contributed by atoms with van der Waals surface area (Å²) in [6.07, 6.45) is 0. The van der Waals surface area contributed by atoms with Gasteiger partial charge in [0.15, 0.2) is 0 Å². The van der Waals surface area contributed by atoms with Crippen molar-refractivity contribution in [2.45, 2.75) is 25.7 Å². The van der Waals surface area contributed by atoms with Gasteiger partial charge in [-0.15, -0.1) is 3.89 Å². The Hall–Kier alpha value is -1.43. The summed E-state index contributed by atoms with van der Waals surface area (Å²) in [5.41, 5.74) is -0.123. The zero-order valence-corrected chi connectivity index (χ0v) is 10.6. The fourth-order valence-electron chi connectivity index (χ4n) is 1.02. The summed E-state index contributed by atoms with van der Waals surface area (Å²) in [5.74, 6) is -0.201. The van der Waals surface area contributed by atoms with Crippen LogP contribution in [0.15, 0.2) is 29.2 Å². The maximum Gasteiger partial charge on any atom is 0.332 e. The van der Waals surface area contributed by atoms with Gasteiger partial charge in [0.25, 0.3) is 0 Å². The van der Waals surface area contributed by atoms with Crippen LogP contribution >= 0.6 is 0 Å². The van der Waals surface area contributed by atoms with Gasteiger partial charge < -0.3 is 5.32 Å². The van der Waals surface area contributed by atoms with Gasteiger partial charge in [0.1, 0.15) is 0 Å². The summed E-state index contributed by atoms with van der Waals surface area (Å²) in [4.78, 5) is 11.2. The van der Waals surface area contributed by atoms with Gasteiger partial charge in [-0.1, -0.05) is 20.8 Å². The van der Waals surface area contributed by atoms with E-state index in [1.165, 1.54) is 12.1 Å². The molecular weight excluding hydrogens is 245 g/mol. The van der Waals surface area contributed by atoms with Crippen LogP contribution in [0.5, 0.6) is 0 Å². The van der Waals surface area contributed by atoms with Crippen molar-refractivity contribution < 1.29 is 17.1 Å². The molecule has 1 aromatic carbocycles. The SMILES string of the molecule is CC(C)(C)C(=O)Nc1ccc(S(=O)(=O)F)cc1. The predicted molar refractivity (Wildman–Crippen MR) is 62.8 cm³/mol. The molecule has 1 aromatic rings. The third-order valence-electron chi connectivity index (χ3n) is 2.07. The summed E-state index contributed by atoms with van der Waals surface area (Å²) < 4.78 is 33.7. The highest BCUT2D eigenvalue weighted by atomic mass is 32.3. The van der Waals surface area contributed by atoms with Gasteiger partial charge in [-0.25, -0.2) is 0 Å². The predicted octanol–water partition coefficient (Wildman–Crippen LogP) is 2.33. The molecule has 0 saturated heterocycles. The normalized spacial score (nSPS) is 12.2. The molecule has 0 atom stereocenters. The number of nitrogens with one attached hydrogen (secondary N) is 1. The number of hydrogen-bond acceptors (Lipinski definition) is 3. The van der Waals surface area contributed by atoms with Gasteiger partial charge in [-0.05, 0) is 24.3 Å². The van der Waals surface area contributed by atoms with Crippen LogP contribution in [-0.2, 0) is 15.0 Å². The highest BCUT2D eigenvalue weighted by Gasteiger charge is 2.21. The lowest BCUT2D eigenvalue weighted by Crippen LogP contribution is -2.27. The summed E-state index contributed by atoms with van der Waals surface area (Å²) >= 11 is 0. The maximum absolute atomic E-state index is 12.6. The topological polar surface area (TPSA) is 63.2 Å². The molecule has 4 nitrogen and oxygen atoms in total. The summed E-state index contributed by atoms with van der Waals surface area (Å²) in [7, 11) is -4.69. The molecule has 0 spiro atoms. The summed E-state index contributed by atoms with van der Waals surface area (Å²) in [6, 6.07) is 4.90. The molecule has 1 N–H and O–H groups in total. The molecule has 1 amide bonds. The van der Waals surface area contributed by atoms with Crippen molar-refractivity contribution in [3.05, 3.63) is 24.3 Å². The van der Waals surface area contributed by atoms with Crippen molar-refractivity contribution in [3.8, 4) is 0 Å². The van der Waals surface area contributed by atoms with Crippen LogP contribution < -0.4 is 5.32 Å². The number of benzene rings is 1. The van der Waals surface area contributed by atoms with Crippen LogP contribution in [0.2, 0.25) is 0 Å². The molecule has 94 valence electrons. The maximum atomic E-state index is 12.6. The van der Waals surface area contributed by atoms with Crippen molar-refractivity contribution in [3.63, 3.8) is 0 Å². The zero-order chi connectivity index (χ0) is 13.3. The van der Waals surface area contributed by atoms with Crippen LogP contribution in [0.1, 0.15) is 20.8 Å². The van der Waals surface area contributed by atoms with Crippen LogP contribution in [-0.4, -0.2) is 14.3 Å². The highest BCUT2D eigenvalue weighted by molar-refractivity contribution is 7.86. The lowest BCUT2D eigenvalue weighted by Gasteiger charge is -2.17. The van der Waals surface area contributed by atoms with Gasteiger partial charge in [-0.2, -0.15) is 8.42 Å². The van der Waals surface area contributed by atoms with Gasteiger partial charge in [-0.3, -0.25) is 4.79 Å². The molecule has 0 aliphatic carbocycles. The highest BCUT2D eigenvalue weighted by Crippen LogP contribution is 2.19. The molecule has 1 rings (SSSR count). The minimum atomic E-state index is -4.69. The average molecular weight is 259 g/mol.